The van der Waals surface area contributed by atoms with Gasteiger partial charge in [0.1, 0.15) is 5.01 Å². The summed E-state index contributed by atoms with van der Waals surface area (Å²) in [5.41, 5.74) is 5.93. The van der Waals surface area contributed by atoms with Crippen molar-refractivity contribution in [2.75, 3.05) is 26.3 Å². The Hall–Kier alpha value is -0.410. The van der Waals surface area contributed by atoms with Crippen LogP contribution in [-0.4, -0.2) is 42.1 Å². The third kappa shape index (κ3) is 4.36. The molecule has 2 N–H and O–H groups in total. The van der Waals surface area contributed by atoms with E-state index in [0.29, 0.717) is 12.5 Å². The van der Waals surface area contributed by atoms with Gasteiger partial charge in [0, 0.05) is 24.2 Å². The number of aryl methyl sites for hydroxylation is 1. The molecule has 0 aromatic carbocycles. The van der Waals surface area contributed by atoms with Crippen molar-refractivity contribution in [1.29, 1.82) is 0 Å². The van der Waals surface area contributed by atoms with Crippen molar-refractivity contribution in [2.45, 2.75) is 19.9 Å². The number of aromatic nitrogens is 1. The summed E-state index contributed by atoms with van der Waals surface area (Å²) in [5.74, 6) is 0.599. The van der Waals surface area contributed by atoms with Crippen molar-refractivity contribution in [3.05, 3.63) is 16.1 Å². The van der Waals surface area contributed by atoms with Gasteiger partial charge in [-0.05, 0) is 6.42 Å². The predicted octanol–water partition coefficient (Wildman–Crippen LogP) is 1.47. The molecule has 0 aliphatic carbocycles. The Balaban J connectivity index is 0.00000162. The molecule has 2 heterocycles. The summed E-state index contributed by atoms with van der Waals surface area (Å²) in [6, 6.07) is 0. The minimum atomic E-state index is 0. The minimum Gasteiger partial charge on any atom is -0.378 e. The average Bonchev–Trinajstić information content (AvgIpc) is 2.85. The van der Waals surface area contributed by atoms with Gasteiger partial charge < -0.3 is 15.4 Å². The lowest BCUT2D eigenvalue weighted by molar-refractivity contribution is 0.0674. The highest BCUT2D eigenvalue weighted by molar-refractivity contribution is 14.0. The summed E-state index contributed by atoms with van der Waals surface area (Å²) in [6.07, 6.45) is 2.95. The van der Waals surface area contributed by atoms with Gasteiger partial charge in [0.25, 0.3) is 0 Å². The van der Waals surface area contributed by atoms with Crippen molar-refractivity contribution in [3.8, 4) is 0 Å². The molecule has 1 aliphatic rings. The molecular formula is C11H19IN4OS. The van der Waals surface area contributed by atoms with Gasteiger partial charge >= 0.3 is 0 Å². The van der Waals surface area contributed by atoms with Gasteiger partial charge in [0.05, 0.1) is 19.8 Å². The van der Waals surface area contributed by atoms with Crippen LogP contribution in [0.4, 0.5) is 0 Å². The topological polar surface area (TPSA) is 63.7 Å². The molecule has 7 heteroatoms. The van der Waals surface area contributed by atoms with Crippen molar-refractivity contribution in [1.82, 2.24) is 9.88 Å². The van der Waals surface area contributed by atoms with Crippen LogP contribution in [0.1, 0.15) is 16.8 Å². The van der Waals surface area contributed by atoms with Gasteiger partial charge in [0.2, 0.25) is 0 Å². The fourth-order valence-electron chi connectivity index (χ4n) is 1.63. The molecule has 1 aromatic heterocycles. The number of hydrogen-bond donors (Lipinski definition) is 1. The number of ether oxygens (including phenoxy) is 1. The summed E-state index contributed by atoms with van der Waals surface area (Å²) in [4.78, 5) is 12.0. The number of halogens is 1. The van der Waals surface area contributed by atoms with Crippen LogP contribution < -0.4 is 5.73 Å². The van der Waals surface area contributed by atoms with Crippen molar-refractivity contribution in [2.24, 2.45) is 10.7 Å². The number of thiazole rings is 1. The first-order valence-electron chi connectivity index (χ1n) is 5.85. The van der Waals surface area contributed by atoms with Crippen LogP contribution in [0.3, 0.4) is 0 Å². The highest BCUT2D eigenvalue weighted by atomic mass is 127. The fourth-order valence-corrected chi connectivity index (χ4v) is 2.41. The lowest BCUT2D eigenvalue weighted by atomic mass is 10.4. The third-order valence-electron chi connectivity index (χ3n) is 2.66. The number of nitrogens with zero attached hydrogens (tertiary/aromatic N) is 3. The van der Waals surface area contributed by atoms with Crippen LogP contribution in [0.2, 0.25) is 0 Å². The Morgan fingerprint density at radius 2 is 2.28 bits per heavy atom. The maximum Gasteiger partial charge on any atom is 0.191 e. The van der Waals surface area contributed by atoms with Crippen molar-refractivity contribution in [3.63, 3.8) is 0 Å². The van der Waals surface area contributed by atoms with Crippen LogP contribution in [0.15, 0.2) is 11.2 Å². The Kier molecular flexibility index (Phi) is 6.87. The molecule has 0 bridgehead atoms. The van der Waals surface area contributed by atoms with E-state index in [9.17, 15) is 0 Å². The Bertz CT molecular complexity index is 390. The van der Waals surface area contributed by atoms with E-state index in [-0.39, 0.29) is 24.0 Å². The predicted molar refractivity (Wildman–Crippen MR) is 84.6 cm³/mol. The third-order valence-corrected chi connectivity index (χ3v) is 3.79. The van der Waals surface area contributed by atoms with Crippen LogP contribution in [0, 0.1) is 0 Å². The number of nitrogens with two attached hydrogens (primary N) is 1. The molecule has 18 heavy (non-hydrogen) atoms. The second-order valence-corrected chi connectivity index (χ2v) is 5.05. The zero-order valence-corrected chi connectivity index (χ0v) is 13.6. The van der Waals surface area contributed by atoms with Crippen LogP contribution in [0.25, 0.3) is 0 Å². The highest BCUT2D eigenvalue weighted by Gasteiger charge is 2.12. The summed E-state index contributed by atoms with van der Waals surface area (Å²) in [5, 5.41) is 1.03. The molecular weight excluding hydrogens is 363 g/mol. The van der Waals surface area contributed by atoms with Gasteiger partial charge in [-0.15, -0.1) is 35.3 Å². The second-order valence-electron chi connectivity index (χ2n) is 3.85. The van der Waals surface area contributed by atoms with E-state index in [0.717, 1.165) is 37.7 Å². The highest BCUT2D eigenvalue weighted by Crippen LogP contribution is 2.14. The fraction of sp³-hybridized carbons (Fsp3) is 0.636. The lowest BCUT2D eigenvalue weighted by Crippen LogP contribution is -2.44. The van der Waals surface area contributed by atoms with Crippen molar-refractivity contribution >= 4 is 41.3 Å². The van der Waals surface area contributed by atoms with E-state index in [1.807, 2.05) is 6.20 Å². The summed E-state index contributed by atoms with van der Waals surface area (Å²) >= 11 is 1.70. The number of hydrogen-bond acceptors (Lipinski definition) is 4. The molecule has 0 atom stereocenters. The molecule has 0 saturated carbocycles. The van der Waals surface area contributed by atoms with E-state index >= 15 is 0 Å². The summed E-state index contributed by atoms with van der Waals surface area (Å²) in [6.45, 7) is 5.82. The van der Waals surface area contributed by atoms with E-state index in [4.69, 9.17) is 10.5 Å². The Morgan fingerprint density at radius 3 is 2.89 bits per heavy atom. The molecule has 1 aromatic rings. The number of morpholine rings is 1. The summed E-state index contributed by atoms with van der Waals surface area (Å²) < 4.78 is 5.27. The van der Waals surface area contributed by atoms with Gasteiger partial charge in [-0.2, -0.15) is 0 Å². The first-order valence-corrected chi connectivity index (χ1v) is 6.67. The van der Waals surface area contributed by atoms with Gasteiger partial charge in [0.15, 0.2) is 5.96 Å². The first kappa shape index (κ1) is 15.6. The SMILES string of the molecule is CCc1cnc(CN=C(N)N2CCOCC2)s1.I. The molecule has 2 rings (SSSR count). The molecule has 1 saturated heterocycles. The average molecular weight is 382 g/mol. The molecule has 0 unspecified atom stereocenters. The van der Waals surface area contributed by atoms with Gasteiger partial charge in [-0.25, -0.2) is 9.98 Å². The van der Waals surface area contributed by atoms with Crippen molar-refractivity contribution < 1.29 is 4.74 Å². The maximum absolute atomic E-state index is 5.93. The Morgan fingerprint density at radius 1 is 1.56 bits per heavy atom. The standard InChI is InChI=1S/C11H18N4OS.HI/c1-2-9-7-13-10(17-9)8-14-11(12)15-3-5-16-6-4-15;/h7H,2-6,8H2,1H3,(H2,12,14);1H. The monoisotopic (exact) mass is 382 g/mol. The number of rotatable bonds is 3. The molecule has 0 amide bonds. The second kappa shape index (κ2) is 7.90. The molecule has 1 aliphatic heterocycles. The molecule has 5 nitrogen and oxygen atoms in total. The van der Waals surface area contributed by atoms with E-state index in [1.165, 1.54) is 4.88 Å². The maximum atomic E-state index is 5.93. The Labute approximate surface area is 128 Å². The van der Waals surface area contributed by atoms with Gasteiger partial charge in [-0.1, -0.05) is 6.92 Å². The molecule has 1 fully saturated rings. The molecule has 0 radical (unpaired) electrons. The number of aliphatic imine (C=N–C) groups is 1. The van der Waals surface area contributed by atoms with Gasteiger partial charge in [-0.3, -0.25) is 0 Å². The van der Waals surface area contributed by atoms with Crippen LogP contribution in [0.5, 0.6) is 0 Å². The van der Waals surface area contributed by atoms with E-state index in [2.05, 4.69) is 21.8 Å². The first-order chi connectivity index (χ1) is 8.29. The minimum absolute atomic E-state index is 0. The zero-order chi connectivity index (χ0) is 12.1. The number of guanidine groups is 1. The molecule has 0 spiro atoms. The molecule has 102 valence electrons. The zero-order valence-electron chi connectivity index (χ0n) is 10.5. The van der Waals surface area contributed by atoms with E-state index < -0.39 is 0 Å². The largest absolute Gasteiger partial charge is 0.378 e. The summed E-state index contributed by atoms with van der Waals surface area (Å²) in [7, 11) is 0. The quantitative estimate of drug-likeness (QED) is 0.489. The smallest absolute Gasteiger partial charge is 0.191 e. The lowest BCUT2D eigenvalue weighted by Gasteiger charge is -2.27. The van der Waals surface area contributed by atoms with E-state index in [1.54, 1.807) is 11.3 Å². The van der Waals surface area contributed by atoms with Crippen LogP contribution >= 0.6 is 35.3 Å². The van der Waals surface area contributed by atoms with Crippen LogP contribution in [-0.2, 0) is 17.7 Å². The normalized spacial score (nSPS) is 16.5.